The van der Waals surface area contributed by atoms with E-state index in [1.54, 1.807) is 0 Å². The Morgan fingerprint density at radius 3 is 2.80 bits per heavy atom. The van der Waals surface area contributed by atoms with Gasteiger partial charge in [-0.3, -0.25) is 5.32 Å². The number of halogens is 1. The molecule has 0 radical (unpaired) electrons. The van der Waals surface area contributed by atoms with Crippen LogP contribution in [0.2, 0.25) is 5.02 Å². The van der Waals surface area contributed by atoms with Crippen LogP contribution in [0.15, 0.2) is 24.3 Å². The van der Waals surface area contributed by atoms with Crippen molar-refractivity contribution in [1.29, 1.82) is 0 Å². The van der Waals surface area contributed by atoms with E-state index >= 15 is 0 Å². The summed E-state index contributed by atoms with van der Waals surface area (Å²) in [5.41, 5.74) is 6.74. The second kappa shape index (κ2) is 6.38. The Morgan fingerprint density at radius 2 is 2.27 bits per heavy atom. The average molecular weight is 245 g/mol. The maximum atomic E-state index is 5.95. The quantitative estimate of drug-likeness (QED) is 0.550. The third-order valence-corrected chi connectivity index (χ3v) is 2.53. The molecular weight excluding hydrogens is 228 g/mol. The number of nitrogens with two attached hydrogens (primary N) is 1. The summed E-state index contributed by atoms with van der Waals surface area (Å²) in [4.78, 5) is 0. The third-order valence-electron chi connectivity index (χ3n) is 2.15. The average Bonchev–Trinajstić information content (AvgIpc) is 2.16. The first-order chi connectivity index (χ1) is 7.13. The lowest BCUT2D eigenvalue weighted by Gasteiger charge is -2.20. The smallest absolute Gasteiger partial charge is 0.0478 e. The molecule has 0 amide bonds. The van der Waals surface area contributed by atoms with E-state index in [2.05, 4.69) is 24.0 Å². The highest BCUT2D eigenvalue weighted by molar-refractivity contribution is 7.80. The zero-order chi connectivity index (χ0) is 11.3. The Kier molecular flexibility index (Phi) is 5.47. The van der Waals surface area contributed by atoms with Crippen LogP contribution in [0.25, 0.3) is 0 Å². The topological polar surface area (TPSA) is 38.0 Å². The monoisotopic (exact) mass is 244 g/mol. The molecule has 0 heterocycles. The molecule has 0 aromatic heterocycles. The lowest BCUT2D eigenvalue weighted by Crippen LogP contribution is -2.28. The highest BCUT2D eigenvalue weighted by Crippen LogP contribution is 2.20. The van der Waals surface area contributed by atoms with Crippen molar-refractivity contribution in [3.63, 3.8) is 0 Å². The molecule has 1 rings (SSSR count). The molecule has 4 heteroatoms. The van der Waals surface area contributed by atoms with Gasteiger partial charge in [-0.1, -0.05) is 23.7 Å². The van der Waals surface area contributed by atoms with E-state index in [0.29, 0.717) is 6.54 Å². The number of hydrogen-bond donors (Lipinski definition) is 3. The molecule has 84 valence electrons. The van der Waals surface area contributed by atoms with Crippen molar-refractivity contribution in [1.82, 2.24) is 5.32 Å². The van der Waals surface area contributed by atoms with Crippen LogP contribution in [0.1, 0.15) is 24.9 Å². The molecule has 0 bridgehead atoms. The van der Waals surface area contributed by atoms with Crippen LogP contribution >= 0.6 is 24.2 Å². The standard InChI is InChI=1S/C11H17ClN2S/c1-8(15)14-11(5-6-13)9-3-2-4-10(12)7-9/h2-4,7-8,11,14-15H,5-6,13H2,1H3/t8-,11?/m1/s1. The molecular formula is C11H17ClN2S. The molecule has 3 N–H and O–H groups in total. The van der Waals surface area contributed by atoms with Gasteiger partial charge < -0.3 is 5.73 Å². The normalized spacial score (nSPS) is 14.9. The maximum absolute atomic E-state index is 5.95. The minimum absolute atomic E-state index is 0.139. The molecule has 0 aliphatic rings. The molecule has 2 nitrogen and oxygen atoms in total. The minimum atomic E-state index is 0.139. The summed E-state index contributed by atoms with van der Waals surface area (Å²) in [6.45, 7) is 2.64. The number of nitrogens with one attached hydrogen (secondary N) is 1. The zero-order valence-corrected chi connectivity index (χ0v) is 10.4. The van der Waals surface area contributed by atoms with Crippen LogP contribution in [0, 0.1) is 0 Å². The number of hydrogen-bond acceptors (Lipinski definition) is 3. The second-order valence-corrected chi connectivity index (χ2v) is 4.74. The summed E-state index contributed by atoms with van der Waals surface area (Å²) in [6.07, 6.45) is 0.880. The molecule has 15 heavy (non-hydrogen) atoms. The SMILES string of the molecule is C[C@@H](S)NC(CCN)c1cccc(Cl)c1. The van der Waals surface area contributed by atoms with Gasteiger partial charge in [0.15, 0.2) is 0 Å². The fraction of sp³-hybridized carbons (Fsp3) is 0.455. The fourth-order valence-electron chi connectivity index (χ4n) is 1.53. The maximum Gasteiger partial charge on any atom is 0.0478 e. The minimum Gasteiger partial charge on any atom is -0.330 e. The van der Waals surface area contributed by atoms with Crippen molar-refractivity contribution in [2.24, 2.45) is 5.73 Å². The number of thiol groups is 1. The second-order valence-electron chi connectivity index (χ2n) is 3.53. The van der Waals surface area contributed by atoms with E-state index in [1.165, 1.54) is 0 Å². The van der Waals surface area contributed by atoms with Gasteiger partial charge in [-0.25, -0.2) is 0 Å². The van der Waals surface area contributed by atoms with Crippen LogP contribution in [0.3, 0.4) is 0 Å². The molecule has 1 aromatic carbocycles. The van der Waals surface area contributed by atoms with E-state index < -0.39 is 0 Å². The number of benzene rings is 1. The number of rotatable bonds is 5. The van der Waals surface area contributed by atoms with Gasteiger partial charge in [-0.05, 0) is 37.6 Å². The van der Waals surface area contributed by atoms with E-state index in [-0.39, 0.29) is 11.4 Å². The van der Waals surface area contributed by atoms with E-state index in [1.807, 2.05) is 25.1 Å². The van der Waals surface area contributed by atoms with E-state index in [0.717, 1.165) is 17.0 Å². The molecule has 0 saturated carbocycles. The van der Waals surface area contributed by atoms with Crippen molar-refractivity contribution in [3.8, 4) is 0 Å². The van der Waals surface area contributed by atoms with Gasteiger partial charge in [0.2, 0.25) is 0 Å². The van der Waals surface area contributed by atoms with Crippen LogP contribution < -0.4 is 11.1 Å². The van der Waals surface area contributed by atoms with Gasteiger partial charge in [-0.2, -0.15) is 12.6 Å². The summed E-state index contributed by atoms with van der Waals surface area (Å²) in [5, 5.41) is 4.24. The molecule has 0 aliphatic heterocycles. The lowest BCUT2D eigenvalue weighted by atomic mass is 10.0. The van der Waals surface area contributed by atoms with Gasteiger partial charge in [0, 0.05) is 16.4 Å². The van der Waals surface area contributed by atoms with Crippen molar-refractivity contribution < 1.29 is 0 Å². The van der Waals surface area contributed by atoms with Gasteiger partial charge in [0.25, 0.3) is 0 Å². The van der Waals surface area contributed by atoms with Crippen molar-refractivity contribution >= 4 is 24.2 Å². The predicted octanol–water partition coefficient (Wildman–Crippen LogP) is 2.60. The highest BCUT2D eigenvalue weighted by Gasteiger charge is 2.11. The van der Waals surface area contributed by atoms with Gasteiger partial charge in [-0.15, -0.1) is 0 Å². The van der Waals surface area contributed by atoms with Crippen LogP contribution in [-0.4, -0.2) is 11.9 Å². The van der Waals surface area contributed by atoms with Crippen LogP contribution in [0.5, 0.6) is 0 Å². The Balaban J connectivity index is 2.78. The highest BCUT2D eigenvalue weighted by atomic mass is 35.5. The Labute approximate surface area is 102 Å². The summed E-state index contributed by atoms with van der Waals surface area (Å²) in [5.74, 6) is 0. The predicted molar refractivity (Wildman–Crippen MR) is 69.4 cm³/mol. The Bertz CT molecular complexity index is 304. The first kappa shape index (κ1) is 12.8. The van der Waals surface area contributed by atoms with Gasteiger partial charge in [0.1, 0.15) is 0 Å². The van der Waals surface area contributed by atoms with Crippen molar-refractivity contribution in [2.45, 2.75) is 24.8 Å². The first-order valence-electron chi connectivity index (χ1n) is 5.03. The lowest BCUT2D eigenvalue weighted by molar-refractivity contribution is 0.505. The van der Waals surface area contributed by atoms with Crippen molar-refractivity contribution in [2.75, 3.05) is 6.54 Å². The summed E-state index contributed by atoms with van der Waals surface area (Å²) in [6, 6.07) is 8.06. The first-order valence-corrected chi connectivity index (χ1v) is 5.92. The Hall–Kier alpha value is -0.220. The molecule has 2 atom stereocenters. The zero-order valence-electron chi connectivity index (χ0n) is 8.78. The summed E-state index contributed by atoms with van der Waals surface area (Å²) < 4.78 is 0. The molecule has 0 spiro atoms. The largest absolute Gasteiger partial charge is 0.330 e. The van der Waals surface area contributed by atoms with Crippen LogP contribution in [-0.2, 0) is 0 Å². The third kappa shape index (κ3) is 4.43. The van der Waals surface area contributed by atoms with Crippen molar-refractivity contribution in [3.05, 3.63) is 34.9 Å². The summed E-state index contributed by atoms with van der Waals surface area (Å²) >= 11 is 10.3. The summed E-state index contributed by atoms with van der Waals surface area (Å²) in [7, 11) is 0. The van der Waals surface area contributed by atoms with E-state index in [4.69, 9.17) is 17.3 Å². The molecule has 1 aromatic rings. The Morgan fingerprint density at radius 1 is 1.53 bits per heavy atom. The van der Waals surface area contributed by atoms with Crippen LogP contribution in [0.4, 0.5) is 0 Å². The van der Waals surface area contributed by atoms with Gasteiger partial charge >= 0.3 is 0 Å². The van der Waals surface area contributed by atoms with E-state index in [9.17, 15) is 0 Å². The molecule has 0 aliphatic carbocycles. The molecule has 1 unspecified atom stereocenters. The van der Waals surface area contributed by atoms with Gasteiger partial charge in [0.05, 0.1) is 0 Å². The fourth-order valence-corrected chi connectivity index (χ4v) is 1.91. The molecule has 0 saturated heterocycles. The molecule has 0 fully saturated rings.